The fourth-order valence-electron chi connectivity index (χ4n) is 9.79. The van der Waals surface area contributed by atoms with Gasteiger partial charge in [-0.1, -0.05) is 161 Å². The van der Waals surface area contributed by atoms with Gasteiger partial charge in [-0.05, 0) is 104 Å². The maximum atomic E-state index is 2.60. The van der Waals surface area contributed by atoms with E-state index in [1.54, 1.807) is 0 Å². The molecule has 1 heterocycles. The van der Waals surface area contributed by atoms with Crippen molar-refractivity contribution in [2.24, 2.45) is 0 Å². The molecule has 0 unspecified atom stereocenters. The van der Waals surface area contributed by atoms with E-state index >= 15 is 0 Å². The van der Waals surface area contributed by atoms with Gasteiger partial charge in [-0.15, -0.1) is 11.3 Å². The number of nitrogens with zero attached hydrogens (tertiary/aromatic N) is 1. The maximum absolute atomic E-state index is 2.60. The number of anilines is 3. The highest BCUT2D eigenvalue weighted by Gasteiger charge is 2.39. The summed E-state index contributed by atoms with van der Waals surface area (Å²) in [6.45, 7) is 9.53. The van der Waals surface area contributed by atoms with E-state index in [4.69, 9.17) is 0 Å². The Morgan fingerprint density at radius 1 is 0.393 bits per heavy atom. The number of benzene rings is 8. The van der Waals surface area contributed by atoms with Crippen molar-refractivity contribution in [1.29, 1.82) is 0 Å². The molecule has 0 radical (unpaired) electrons. The Kier molecular flexibility index (Phi) is 7.18. The molecule has 0 saturated carbocycles. The molecule has 0 aliphatic heterocycles. The van der Waals surface area contributed by atoms with Crippen LogP contribution in [0.1, 0.15) is 49.9 Å². The zero-order valence-electron chi connectivity index (χ0n) is 32.1. The summed E-state index contributed by atoms with van der Waals surface area (Å²) in [4.78, 5) is 2.60. The van der Waals surface area contributed by atoms with Crippen molar-refractivity contribution in [3.05, 3.63) is 198 Å². The molecule has 56 heavy (non-hydrogen) atoms. The summed E-state index contributed by atoms with van der Waals surface area (Å²) in [6, 6.07) is 65.8. The second-order valence-electron chi connectivity index (χ2n) is 16.5. The van der Waals surface area contributed by atoms with Gasteiger partial charge in [-0.2, -0.15) is 0 Å². The van der Waals surface area contributed by atoms with Crippen LogP contribution < -0.4 is 4.90 Å². The maximum Gasteiger partial charge on any atom is 0.0646 e. The van der Waals surface area contributed by atoms with Gasteiger partial charge in [0, 0.05) is 37.6 Å². The molecule has 1 aromatic heterocycles. The van der Waals surface area contributed by atoms with Crippen LogP contribution in [0.4, 0.5) is 17.1 Å². The van der Waals surface area contributed by atoms with Crippen LogP contribution in [0.3, 0.4) is 0 Å². The van der Waals surface area contributed by atoms with Crippen LogP contribution in [0, 0.1) is 0 Å². The predicted octanol–water partition coefficient (Wildman–Crippen LogP) is 15.5. The van der Waals surface area contributed by atoms with Gasteiger partial charge in [0.2, 0.25) is 0 Å². The Morgan fingerprint density at radius 2 is 0.982 bits per heavy atom. The summed E-state index contributed by atoms with van der Waals surface area (Å²) in [5.41, 5.74) is 19.1. The summed E-state index contributed by atoms with van der Waals surface area (Å²) in [5.74, 6) is 0. The number of hydrogen-bond donors (Lipinski definition) is 0. The number of fused-ring (bicyclic) bond motifs is 9. The lowest BCUT2D eigenvalue weighted by Crippen LogP contribution is -2.17. The molecule has 2 aliphatic rings. The molecule has 268 valence electrons. The van der Waals surface area contributed by atoms with Crippen LogP contribution in [0.5, 0.6) is 0 Å². The number of thiophene rings is 1. The molecule has 9 aromatic rings. The molecule has 0 bridgehead atoms. The Morgan fingerprint density at radius 3 is 1.73 bits per heavy atom. The third kappa shape index (κ3) is 4.79. The Hall–Kier alpha value is -6.22. The standard InChI is InChI=1S/C54H41NS/c1-53(2)45-23-14-12-21-41(45)51-46(53)24-15-25-48(51)55(38-27-28-40-39-20-11-13-22-44(39)54(3,4)47(40)33-38)49-32-37(35-18-9-6-10-19-35)31-43-42-30-36(34-16-7-5-8-17-34)26-29-50(42)56-52(43)49/h5-33H,1-4H3. The smallest absolute Gasteiger partial charge is 0.0646 e. The van der Waals surface area contributed by atoms with Gasteiger partial charge in [0.25, 0.3) is 0 Å². The average molecular weight is 736 g/mol. The molecular formula is C54H41NS. The minimum Gasteiger partial charge on any atom is -0.308 e. The zero-order valence-corrected chi connectivity index (χ0v) is 32.9. The molecule has 0 saturated heterocycles. The third-order valence-electron chi connectivity index (χ3n) is 12.7. The van der Waals surface area contributed by atoms with Crippen LogP contribution in [0.25, 0.3) is 64.7 Å². The van der Waals surface area contributed by atoms with Gasteiger partial charge in [-0.25, -0.2) is 0 Å². The van der Waals surface area contributed by atoms with Crippen LogP contribution >= 0.6 is 11.3 Å². The molecule has 0 spiro atoms. The van der Waals surface area contributed by atoms with E-state index in [-0.39, 0.29) is 10.8 Å². The monoisotopic (exact) mass is 735 g/mol. The summed E-state index contributed by atoms with van der Waals surface area (Å²) >= 11 is 1.91. The quantitative estimate of drug-likeness (QED) is 0.170. The van der Waals surface area contributed by atoms with Gasteiger partial charge < -0.3 is 4.90 Å². The van der Waals surface area contributed by atoms with Crippen molar-refractivity contribution in [1.82, 2.24) is 0 Å². The lowest BCUT2D eigenvalue weighted by atomic mass is 9.82. The SMILES string of the molecule is CC1(C)c2ccccc2-c2ccc(N(c3cccc4c3-c3ccccc3C4(C)C)c3cc(-c4ccccc4)cc4c3sc3ccc(-c5ccccc5)cc34)cc21. The van der Waals surface area contributed by atoms with Crippen LogP contribution in [-0.4, -0.2) is 0 Å². The van der Waals surface area contributed by atoms with Crippen LogP contribution in [0.2, 0.25) is 0 Å². The first kappa shape index (κ1) is 33.1. The second-order valence-corrected chi connectivity index (χ2v) is 17.6. The molecule has 0 amide bonds. The van der Waals surface area contributed by atoms with Crippen molar-refractivity contribution in [3.8, 4) is 44.5 Å². The van der Waals surface area contributed by atoms with Crippen molar-refractivity contribution >= 4 is 48.6 Å². The first-order valence-electron chi connectivity index (χ1n) is 19.7. The molecule has 0 atom stereocenters. The topological polar surface area (TPSA) is 3.24 Å². The molecular weight excluding hydrogens is 695 g/mol. The molecule has 2 aliphatic carbocycles. The van der Waals surface area contributed by atoms with Gasteiger partial charge in [0.05, 0.1) is 16.1 Å². The first-order valence-corrected chi connectivity index (χ1v) is 20.5. The van der Waals surface area contributed by atoms with E-state index in [1.165, 1.54) is 104 Å². The van der Waals surface area contributed by atoms with Gasteiger partial charge in [0.15, 0.2) is 0 Å². The highest BCUT2D eigenvalue weighted by molar-refractivity contribution is 7.26. The van der Waals surface area contributed by atoms with Crippen molar-refractivity contribution in [3.63, 3.8) is 0 Å². The van der Waals surface area contributed by atoms with Crippen LogP contribution in [-0.2, 0) is 10.8 Å². The number of hydrogen-bond acceptors (Lipinski definition) is 2. The van der Waals surface area contributed by atoms with E-state index < -0.39 is 0 Å². The van der Waals surface area contributed by atoms with E-state index in [0.717, 1.165) is 0 Å². The van der Waals surface area contributed by atoms with Gasteiger partial charge in [-0.3, -0.25) is 0 Å². The summed E-state index contributed by atoms with van der Waals surface area (Å²) in [7, 11) is 0. The van der Waals surface area contributed by atoms with E-state index in [9.17, 15) is 0 Å². The highest BCUT2D eigenvalue weighted by atomic mass is 32.1. The molecule has 11 rings (SSSR count). The zero-order chi connectivity index (χ0) is 37.8. The first-order chi connectivity index (χ1) is 27.3. The minimum atomic E-state index is -0.131. The molecule has 1 nitrogen and oxygen atoms in total. The third-order valence-corrected chi connectivity index (χ3v) is 13.9. The van der Waals surface area contributed by atoms with Gasteiger partial charge >= 0.3 is 0 Å². The van der Waals surface area contributed by atoms with E-state index in [0.29, 0.717) is 0 Å². The number of rotatable bonds is 5. The van der Waals surface area contributed by atoms with Crippen molar-refractivity contribution in [2.75, 3.05) is 4.90 Å². The lowest BCUT2D eigenvalue weighted by Gasteiger charge is -2.31. The predicted molar refractivity (Wildman–Crippen MR) is 240 cm³/mol. The Labute approximate surface area is 333 Å². The largest absolute Gasteiger partial charge is 0.308 e. The van der Waals surface area contributed by atoms with E-state index in [2.05, 4.69) is 209 Å². The fraction of sp³-hybridized carbons (Fsp3) is 0.111. The molecule has 0 N–H and O–H groups in total. The summed E-state index contributed by atoms with van der Waals surface area (Å²) in [6.07, 6.45) is 0. The normalized spacial score (nSPS) is 14.4. The summed E-state index contributed by atoms with van der Waals surface area (Å²) in [5, 5.41) is 2.58. The Bertz CT molecular complexity index is 3020. The van der Waals surface area contributed by atoms with E-state index in [1.807, 2.05) is 11.3 Å². The molecule has 0 fully saturated rings. The second kappa shape index (κ2) is 12.1. The minimum absolute atomic E-state index is 0.123. The summed E-state index contributed by atoms with van der Waals surface area (Å²) < 4.78 is 2.58. The Balaban J connectivity index is 1.24. The molecule has 8 aromatic carbocycles. The highest BCUT2D eigenvalue weighted by Crippen LogP contribution is 2.57. The van der Waals surface area contributed by atoms with Crippen LogP contribution in [0.15, 0.2) is 176 Å². The lowest BCUT2D eigenvalue weighted by molar-refractivity contribution is 0.660. The van der Waals surface area contributed by atoms with Gasteiger partial charge in [0.1, 0.15) is 0 Å². The molecule has 2 heteroatoms. The van der Waals surface area contributed by atoms with Crippen molar-refractivity contribution in [2.45, 2.75) is 38.5 Å². The van der Waals surface area contributed by atoms with Crippen molar-refractivity contribution < 1.29 is 0 Å². The average Bonchev–Trinajstić information content (AvgIpc) is 3.81. The fourth-order valence-corrected chi connectivity index (χ4v) is 11.0.